The summed E-state index contributed by atoms with van der Waals surface area (Å²) in [6.45, 7) is 1.87. The van der Waals surface area contributed by atoms with E-state index in [2.05, 4.69) is 15.9 Å². The molecule has 5 heteroatoms. The van der Waals surface area contributed by atoms with Crippen molar-refractivity contribution in [2.45, 2.75) is 19.1 Å². The average Bonchev–Trinajstić information content (AvgIpc) is 2.15. The van der Waals surface area contributed by atoms with E-state index in [4.69, 9.17) is 5.11 Å². The molecule has 0 aliphatic heterocycles. The van der Waals surface area contributed by atoms with Gasteiger partial charge in [0.25, 0.3) is 0 Å². The summed E-state index contributed by atoms with van der Waals surface area (Å²) in [6.07, 6.45) is -3.25. The molecule has 82 valence electrons. The lowest BCUT2D eigenvalue weighted by molar-refractivity contribution is -0.153. The monoisotopic (exact) mass is 274 g/mol. The normalized spacial score (nSPS) is 14.7. The Balaban J connectivity index is 3.01. The number of benzene rings is 1. The van der Waals surface area contributed by atoms with Crippen molar-refractivity contribution in [2.24, 2.45) is 0 Å². The van der Waals surface area contributed by atoms with E-state index in [1.54, 1.807) is 18.2 Å². The van der Waals surface area contributed by atoms with Crippen molar-refractivity contribution in [1.29, 1.82) is 0 Å². The lowest BCUT2D eigenvalue weighted by Gasteiger charge is -2.16. The van der Waals surface area contributed by atoms with Crippen molar-refractivity contribution < 1.29 is 20.1 Å². The molecule has 0 radical (unpaired) electrons. The van der Waals surface area contributed by atoms with E-state index in [1.807, 2.05) is 6.92 Å². The molecule has 0 aromatic heterocycles. The van der Waals surface area contributed by atoms with Crippen molar-refractivity contribution in [2.75, 3.05) is 0 Å². The van der Waals surface area contributed by atoms with E-state index < -0.39 is 18.2 Å². The molecule has 0 saturated heterocycles. The third kappa shape index (κ3) is 2.77. The number of hydrogen-bond acceptors (Lipinski definition) is 3. The highest BCUT2D eigenvalue weighted by atomic mass is 79.9. The van der Waals surface area contributed by atoms with Crippen LogP contribution in [0.25, 0.3) is 0 Å². The van der Waals surface area contributed by atoms with Gasteiger partial charge in [0.05, 0.1) is 0 Å². The van der Waals surface area contributed by atoms with E-state index >= 15 is 0 Å². The SMILES string of the molecule is Cc1ccc(C(O)C(O)C(=O)O)c(Br)c1. The van der Waals surface area contributed by atoms with Gasteiger partial charge in [0.2, 0.25) is 0 Å². The topological polar surface area (TPSA) is 77.8 Å². The Morgan fingerprint density at radius 2 is 2.00 bits per heavy atom. The predicted molar refractivity (Wildman–Crippen MR) is 57.5 cm³/mol. The third-order valence-corrected chi connectivity index (χ3v) is 2.71. The second kappa shape index (κ2) is 4.74. The van der Waals surface area contributed by atoms with E-state index in [1.165, 1.54) is 0 Å². The van der Waals surface area contributed by atoms with Gasteiger partial charge in [0, 0.05) is 4.47 Å². The van der Waals surface area contributed by atoms with Gasteiger partial charge < -0.3 is 15.3 Å². The van der Waals surface area contributed by atoms with Crippen LogP contribution in [0, 0.1) is 6.92 Å². The van der Waals surface area contributed by atoms with Crippen LogP contribution in [0.1, 0.15) is 17.2 Å². The van der Waals surface area contributed by atoms with Crippen LogP contribution in [0.4, 0.5) is 0 Å². The van der Waals surface area contributed by atoms with Crippen LogP contribution >= 0.6 is 15.9 Å². The Labute approximate surface area is 95.3 Å². The first kappa shape index (κ1) is 12.2. The fourth-order valence-corrected chi connectivity index (χ4v) is 1.90. The largest absolute Gasteiger partial charge is 0.479 e. The Kier molecular flexibility index (Phi) is 3.84. The summed E-state index contributed by atoms with van der Waals surface area (Å²) >= 11 is 3.20. The quantitative estimate of drug-likeness (QED) is 0.775. The Morgan fingerprint density at radius 3 is 2.47 bits per heavy atom. The highest BCUT2D eigenvalue weighted by Gasteiger charge is 2.26. The van der Waals surface area contributed by atoms with E-state index in [0.29, 0.717) is 10.0 Å². The molecule has 0 aliphatic rings. The Morgan fingerprint density at radius 1 is 1.40 bits per heavy atom. The lowest BCUT2D eigenvalue weighted by atomic mass is 10.0. The first-order chi connectivity index (χ1) is 6.93. The van der Waals surface area contributed by atoms with Crippen LogP contribution in [-0.2, 0) is 4.79 Å². The molecule has 0 spiro atoms. The number of carboxylic acids is 1. The number of rotatable bonds is 3. The predicted octanol–water partition coefficient (Wildman–Crippen LogP) is 1.24. The third-order valence-electron chi connectivity index (χ3n) is 2.03. The first-order valence-corrected chi connectivity index (χ1v) is 5.07. The number of carboxylic acid groups (broad SMARTS) is 1. The summed E-state index contributed by atoms with van der Waals surface area (Å²) in [4.78, 5) is 10.5. The smallest absolute Gasteiger partial charge is 0.335 e. The summed E-state index contributed by atoms with van der Waals surface area (Å²) in [6, 6.07) is 5.06. The van der Waals surface area contributed by atoms with Crippen molar-refractivity contribution in [3.8, 4) is 0 Å². The maximum Gasteiger partial charge on any atom is 0.335 e. The van der Waals surface area contributed by atoms with Gasteiger partial charge in [0.15, 0.2) is 6.10 Å². The van der Waals surface area contributed by atoms with Crippen molar-refractivity contribution in [3.05, 3.63) is 33.8 Å². The van der Waals surface area contributed by atoms with Gasteiger partial charge in [-0.1, -0.05) is 28.1 Å². The van der Waals surface area contributed by atoms with Crippen LogP contribution < -0.4 is 0 Å². The molecule has 0 bridgehead atoms. The maximum absolute atomic E-state index is 10.5. The maximum atomic E-state index is 10.5. The number of aliphatic hydroxyl groups excluding tert-OH is 2. The molecular formula is C10H11BrO4. The molecule has 1 aromatic carbocycles. The number of aliphatic carboxylic acids is 1. The molecule has 15 heavy (non-hydrogen) atoms. The number of aliphatic hydroxyl groups is 2. The molecule has 1 rings (SSSR count). The van der Waals surface area contributed by atoms with Gasteiger partial charge in [-0.3, -0.25) is 0 Å². The number of halogens is 1. The van der Waals surface area contributed by atoms with Gasteiger partial charge in [0.1, 0.15) is 6.10 Å². The lowest BCUT2D eigenvalue weighted by Crippen LogP contribution is -2.27. The minimum absolute atomic E-state index is 0.357. The molecule has 0 amide bonds. The highest BCUT2D eigenvalue weighted by Crippen LogP contribution is 2.26. The highest BCUT2D eigenvalue weighted by molar-refractivity contribution is 9.10. The zero-order valence-electron chi connectivity index (χ0n) is 8.01. The summed E-state index contributed by atoms with van der Waals surface area (Å²) in [5.74, 6) is -1.45. The van der Waals surface area contributed by atoms with Gasteiger partial charge in [-0.05, 0) is 24.1 Å². The number of carbonyl (C=O) groups is 1. The summed E-state index contributed by atoms with van der Waals surface area (Å²) < 4.78 is 0.579. The van der Waals surface area contributed by atoms with Crippen LogP contribution in [0.3, 0.4) is 0 Å². The minimum atomic E-state index is -1.82. The van der Waals surface area contributed by atoms with Crippen molar-refractivity contribution >= 4 is 21.9 Å². The number of hydrogen-bond donors (Lipinski definition) is 3. The molecule has 0 aliphatic carbocycles. The van der Waals surface area contributed by atoms with Gasteiger partial charge >= 0.3 is 5.97 Å². The van der Waals surface area contributed by atoms with Crippen LogP contribution in [0.2, 0.25) is 0 Å². The van der Waals surface area contributed by atoms with Crippen LogP contribution in [0.5, 0.6) is 0 Å². The van der Waals surface area contributed by atoms with Gasteiger partial charge in [-0.2, -0.15) is 0 Å². The Bertz CT molecular complexity index is 378. The molecule has 2 atom stereocenters. The molecule has 4 nitrogen and oxygen atoms in total. The van der Waals surface area contributed by atoms with Gasteiger partial charge in [-0.25, -0.2) is 4.79 Å². The second-order valence-electron chi connectivity index (χ2n) is 3.25. The molecular weight excluding hydrogens is 264 g/mol. The van der Waals surface area contributed by atoms with Gasteiger partial charge in [-0.15, -0.1) is 0 Å². The zero-order chi connectivity index (χ0) is 11.6. The molecule has 3 N–H and O–H groups in total. The molecule has 0 fully saturated rings. The second-order valence-corrected chi connectivity index (χ2v) is 4.11. The Hall–Kier alpha value is -0.910. The number of aryl methyl sites for hydroxylation is 1. The van der Waals surface area contributed by atoms with Crippen LogP contribution in [-0.4, -0.2) is 27.4 Å². The molecule has 1 aromatic rings. The van der Waals surface area contributed by atoms with Crippen molar-refractivity contribution in [3.63, 3.8) is 0 Å². The standard InChI is InChI=1S/C10H11BrO4/c1-5-2-3-6(7(11)4-5)8(12)9(13)10(14)15/h2-4,8-9,12-13H,1H3,(H,14,15). The molecule has 0 heterocycles. The van der Waals surface area contributed by atoms with E-state index in [9.17, 15) is 15.0 Å². The first-order valence-electron chi connectivity index (χ1n) is 4.28. The van der Waals surface area contributed by atoms with Crippen LogP contribution in [0.15, 0.2) is 22.7 Å². The minimum Gasteiger partial charge on any atom is -0.479 e. The van der Waals surface area contributed by atoms with E-state index in [-0.39, 0.29) is 0 Å². The fourth-order valence-electron chi connectivity index (χ4n) is 1.18. The average molecular weight is 275 g/mol. The van der Waals surface area contributed by atoms with Crippen molar-refractivity contribution in [1.82, 2.24) is 0 Å². The van der Waals surface area contributed by atoms with E-state index in [0.717, 1.165) is 5.56 Å². The summed E-state index contributed by atoms with van der Waals surface area (Å²) in [7, 11) is 0. The summed E-state index contributed by atoms with van der Waals surface area (Å²) in [5.41, 5.74) is 1.33. The zero-order valence-corrected chi connectivity index (χ0v) is 9.60. The summed E-state index contributed by atoms with van der Waals surface area (Å²) in [5, 5.41) is 27.3. The fraction of sp³-hybridized carbons (Fsp3) is 0.300. The molecule has 0 saturated carbocycles. The molecule has 2 unspecified atom stereocenters.